The molecule has 0 heterocycles. The number of phosphoric acid groups is 2. The summed E-state index contributed by atoms with van der Waals surface area (Å²) in [5, 5.41) is 10.7. The van der Waals surface area contributed by atoms with Gasteiger partial charge in [0.25, 0.3) is 0 Å². The second kappa shape index (κ2) is 74.8. The predicted molar refractivity (Wildman–Crippen MR) is 432 cm³/mol. The lowest BCUT2D eigenvalue weighted by atomic mass is 10.00. The van der Waals surface area contributed by atoms with E-state index < -0.39 is 97.5 Å². The Balaban J connectivity index is 5.23. The molecule has 3 unspecified atom stereocenters. The first-order chi connectivity index (χ1) is 50.6. The van der Waals surface area contributed by atoms with Crippen LogP contribution in [-0.4, -0.2) is 96.7 Å². The maximum Gasteiger partial charge on any atom is 0.472 e. The van der Waals surface area contributed by atoms with Gasteiger partial charge in [-0.1, -0.05) is 396 Å². The van der Waals surface area contributed by atoms with Crippen LogP contribution in [0.1, 0.15) is 447 Å². The highest BCUT2D eigenvalue weighted by Gasteiger charge is 2.31. The summed E-state index contributed by atoms with van der Waals surface area (Å²) in [6.07, 6.45) is 64.0. The average molecular weight is 1540 g/mol. The van der Waals surface area contributed by atoms with Crippen molar-refractivity contribution in [2.45, 2.75) is 465 Å². The third-order valence-corrected chi connectivity index (χ3v) is 22.3. The maximum atomic E-state index is 13.1. The van der Waals surface area contributed by atoms with Crippen molar-refractivity contribution in [2.75, 3.05) is 39.6 Å². The first-order valence-electron chi connectivity index (χ1n) is 44.2. The fourth-order valence-corrected chi connectivity index (χ4v) is 14.9. The molecule has 0 aliphatic heterocycles. The topological polar surface area (TPSA) is 237 Å². The summed E-state index contributed by atoms with van der Waals surface area (Å²) in [5.41, 5.74) is 0. The number of esters is 4. The number of carbonyl (C=O) groups excluding carboxylic acids is 4. The summed E-state index contributed by atoms with van der Waals surface area (Å²) >= 11 is 0. The fourth-order valence-electron chi connectivity index (χ4n) is 13.3. The molecule has 0 aromatic heterocycles. The first-order valence-corrected chi connectivity index (χ1v) is 47.2. The van der Waals surface area contributed by atoms with Crippen LogP contribution >= 0.6 is 15.6 Å². The Bertz CT molecular complexity index is 2040. The SMILES string of the molecule is CCC(C)CCCCCCCCC(=O)OC[C@H](COP(=O)(O)OC[C@H](O)COP(=O)(O)OC[C@@H](COC(=O)CCCCCCCCCCCCCCCCCCCCC(C)C)OC(=O)CCCCCCCCCCCCCCCCCCC(C)C)OC(=O)CCCCCCCCCCCCCCC(C)C. The predicted octanol–water partition coefficient (Wildman–Crippen LogP) is 25.9. The van der Waals surface area contributed by atoms with Crippen LogP contribution in [0.4, 0.5) is 0 Å². The van der Waals surface area contributed by atoms with Gasteiger partial charge in [-0.25, -0.2) is 9.13 Å². The molecule has 0 aromatic rings. The molecular weight excluding hydrogens is 1370 g/mol. The maximum absolute atomic E-state index is 13.1. The van der Waals surface area contributed by atoms with Crippen molar-refractivity contribution in [3.63, 3.8) is 0 Å². The van der Waals surface area contributed by atoms with Gasteiger partial charge in [-0.2, -0.15) is 0 Å². The summed E-state index contributed by atoms with van der Waals surface area (Å²) in [6, 6.07) is 0. The molecule has 624 valence electrons. The third kappa shape index (κ3) is 78.5. The Hall–Kier alpha value is -1.94. The van der Waals surface area contributed by atoms with Crippen LogP contribution in [0.25, 0.3) is 0 Å². The molecule has 19 heteroatoms. The smallest absolute Gasteiger partial charge is 0.462 e. The van der Waals surface area contributed by atoms with Crippen molar-refractivity contribution < 1.29 is 80.2 Å². The van der Waals surface area contributed by atoms with Crippen molar-refractivity contribution in [1.29, 1.82) is 0 Å². The Labute approximate surface area is 645 Å². The zero-order valence-corrected chi connectivity index (χ0v) is 71.2. The Morgan fingerprint density at radius 3 is 0.676 bits per heavy atom. The van der Waals surface area contributed by atoms with Crippen LogP contribution < -0.4 is 0 Å². The molecule has 0 amide bonds. The van der Waals surface area contributed by atoms with Crippen LogP contribution in [-0.2, 0) is 65.4 Å². The third-order valence-electron chi connectivity index (χ3n) is 20.4. The minimum atomic E-state index is -4.97. The van der Waals surface area contributed by atoms with Crippen LogP contribution in [0, 0.1) is 23.7 Å². The van der Waals surface area contributed by atoms with Gasteiger partial charge in [0.1, 0.15) is 19.3 Å². The highest BCUT2D eigenvalue weighted by molar-refractivity contribution is 7.47. The van der Waals surface area contributed by atoms with Crippen LogP contribution in [0.3, 0.4) is 0 Å². The number of phosphoric ester groups is 2. The van der Waals surface area contributed by atoms with E-state index in [1.54, 1.807) is 0 Å². The normalized spacial score (nSPS) is 14.2. The van der Waals surface area contributed by atoms with E-state index in [9.17, 15) is 43.2 Å². The summed E-state index contributed by atoms with van der Waals surface area (Å²) in [7, 11) is -9.93. The lowest BCUT2D eigenvalue weighted by Crippen LogP contribution is -2.30. The first kappa shape index (κ1) is 103. The Morgan fingerprint density at radius 1 is 0.267 bits per heavy atom. The highest BCUT2D eigenvalue weighted by atomic mass is 31.2. The van der Waals surface area contributed by atoms with Crippen molar-refractivity contribution in [2.24, 2.45) is 23.7 Å². The van der Waals surface area contributed by atoms with Crippen LogP contribution in [0.2, 0.25) is 0 Å². The van der Waals surface area contributed by atoms with Crippen LogP contribution in [0.15, 0.2) is 0 Å². The van der Waals surface area contributed by atoms with Gasteiger partial charge in [-0.05, 0) is 49.4 Å². The van der Waals surface area contributed by atoms with Crippen molar-refractivity contribution in [3.05, 3.63) is 0 Å². The zero-order valence-electron chi connectivity index (χ0n) is 69.4. The van der Waals surface area contributed by atoms with Crippen molar-refractivity contribution in [1.82, 2.24) is 0 Å². The minimum absolute atomic E-state index is 0.106. The lowest BCUT2D eigenvalue weighted by Gasteiger charge is -2.21. The largest absolute Gasteiger partial charge is 0.472 e. The number of aliphatic hydroxyl groups excluding tert-OH is 1. The number of carbonyl (C=O) groups is 4. The standard InChI is InChI=1S/C86H168O17P2/c1-9-79(8)65-57-49-44-45-51-59-67-84(89)97-73-82(103-86(91)69-61-53-43-37-31-25-24-28-34-40-48-56-64-78(6)7)75-101-105(94,95)99-71-80(87)70-98-104(92,93)100-74-81(102-85(90)68-60-52-42-36-30-23-19-15-14-17-21-27-33-39-47-55-63-77(4)5)72-96-83(88)66-58-50-41-35-29-22-18-13-11-10-12-16-20-26-32-38-46-54-62-76(2)3/h76-82,87H,9-75H2,1-8H3,(H,92,93)(H,94,95)/t79?,80-,81-,82-/m1/s1. The molecule has 0 aliphatic rings. The lowest BCUT2D eigenvalue weighted by molar-refractivity contribution is -0.161. The molecule has 0 saturated carbocycles. The number of hydrogen-bond donors (Lipinski definition) is 3. The van der Waals surface area contributed by atoms with Gasteiger partial charge in [0.05, 0.1) is 26.4 Å². The summed E-state index contributed by atoms with van der Waals surface area (Å²) < 4.78 is 68.9. The van der Waals surface area contributed by atoms with E-state index in [2.05, 4.69) is 55.4 Å². The van der Waals surface area contributed by atoms with Gasteiger partial charge in [0.2, 0.25) is 0 Å². The van der Waals surface area contributed by atoms with Gasteiger partial charge in [-0.15, -0.1) is 0 Å². The minimum Gasteiger partial charge on any atom is -0.462 e. The quantitative estimate of drug-likeness (QED) is 0.0222. The van der Waals surface area contributed by atoms with E-state index in [0.717, 1.165) is 120 Å². The molecule has 0 radical (unpaired) electrons. The van der Waals surface area contributed by atoms with Gasteiger partial charge in [0, 0.05) is 25.7 Å². The Morgan fingerprint density at radius 2 is 0.457 bits per heavy atom. The monoisotopic (exact) mass is 1540 g/mol. The molecule has 6 atom stereocenters. The second-order valence-electron chi connectivity index (χ2n) is 32.6. The van der Waals surface area contributed by atoms with E-state index in [0.29, 0.717) is 25.7 Å². The van der Waals surface area contributed by atoms with Crippen molar-refractivity contribution >= 4 is 39.5 Å². The second-order valence-corrected chi connectivity index (χ2v) is 35.5. The number of hydrogen-bond acceptors (Lipinski definition) is 15. The molecule has 0 fully saturated rings. The molecule has 0 bridgehead atoms. The van der Waals surface area contributed by atoms with Crippen LogP contribution in [0.5, 0.6) is 0 Å². The van der Waals surface area contributed by atoms with E-state index in [1.807, 2.05) is 0 Å². The fraction of sp³-hybridized carbons (Fsp3) is 0.953. The van der Waals surface area contributed by atoms with E-state index in [1.165, 1.54) is 244 Å². The molecule has 0 saturated heterocycles. The number of ether oxygens (including phenoxy) is 4. The molecular formula is C86H168O17P2. The average Bonchev–Trinajstić information content (AvgIpc) is 0.914. The van der Waals surface area contributed by atoms with Gasteiger partial charge in [-0.3, -0.25) is 37.3 Å². The molecule has 0 spiro atoms. The summed E-state index contributed by atoms with van der Waals surface area (Å²) in [4.78, 5) is 73.2. The zero-order chi connectivity index (χ0) is 77.4. The molecule has 0 aliphatic carbocycles. The molecule has 17 nitrogen and oxygen atoms in total. The Kier molecular flexibility index (Phi) is 73.4. The van der Waals surface area contributed by atoms with Gasteiger partial charge in [0.15, 0.2) is 12.2 Å². The van der Waals surface area contributed by atoms with E-state index in [4.69, 9.17) is 37.0 Å². The van der Waals surface area contributed by atoms with E-state index in [-0.39, 0.29) is 25.7 Å². The summed E-state index contributed by atoms with van der Waals surface area (Å²) in [5.74, 6) is 1.03. The van der Waals surface area contributed by atoms with E-state index >= 15 is 0 Å². The van der Waals surface area contributed by atoms with Gasteiger partial charge < -0.3 is 33.8 Å². The van der Waals surface area contributed by atoms with Crippen molar-refractivity contribution in [3.8, 4) is 0 Å². The molecule has 105 heavy (non-hydrogen) atoms. The molecule has 3 N–H and O–H groups in total. The molecule has 0 rings (SSSR count). The number of unbranched alkanes of at least 4 members (excludes halogenated alkanes) is 48. The number of aliphatic hydroxyl groups is 1. The number of rotatable bonds is 83. The summed E-state index contributed by atoms with van der Waals surface area (Å²) in [6.45, 7) is 14.3. The molecule has 0 aromatic carbocycles. The van der Waals surface area contributed by atoms with Gasteiger partial charge >= 0.3 is 39.5 Å². The highest BCUT2D eigenvalue weighted by Crippen LogP contribution is 2.45.